The molecular formula is C20H31N3O8. The molecule has 11 heteroatoms. The van der Waals surface area contributed by atoms with Crippen LogP contribution in [0.3, 0.4) is 0 Å². The third-order valence-electron chi connectivity index (χ3n) is 5.10. The molecule has 31 heavy (non-hydrogen) atoms. The molecule has 1 aliphatic heterocycles. The fraction of sp³-hybridized carbons (Fsp3) is 0.700. The monoisotopic (exact) mass is 441 g/mol. The van der Waals surface area contributed by atoms with Crippen LogP contribution in [0.4, 0.5) is 0 Å². The van der Waals surface area contributed by atoms with Gasteiger partial charge in [-0.2, -0.15) is 0 Å². The zero-order valence-electron chi connectivity index (χ0n) is 18.2. The maximum Gasteiger partial charge on any atom is 0.341 e. The summed E-state index contributed by atoms with van der Waals surface area (Å²) in [4.78, 5) is 44.2. The number of aromatic amines is 1. The number of rotatable bonds is 13. The highest BCUT2D eigenvalue weighted by atomic mass is 16.7. The quantitative estimate of drug-likeness (QED) is 0.264. The van der Waals surface area contributed by atoms with Crippen LogP contribution in [-0.4, -0.2) is 65.0 Å². The number of ether oxygens (including phenoxy) is 3. The van der Waals surface area contributed by atoms with Gasteiger partial charge in [-0.1, -0.05) is 26.7 Å². The Balaban J connectivity index is 2.52. The van der Waals surface area contributed by atoms with Crippen LogP contribution in [0.1, 0.15) is 51.3 Å². The number of unbranched alkanes of at least 4 members (excludes halogenated alkanes) is 2. The molecule has 1 aliphatic rings. The Morgan fingerprint density at radius 2 is 2.00 bits per heavy atom. The van der Waals surface area contributed by atoms with Crippen molar-refractivity contribution in [3.05, 3.63) is 32.6 Å². The van der Waals surface area contributed by atoms with Crippen LogP contribution in [0.15, 0.2) is 20.9 Å². The normalized spacial score (nSPS) is 25.5. The maximum absolute atomic E-state index is 12.5. The van der Waals surface area contributed by atoms with E-state index in [1.165, 1.54) is 13.1 Å². The van der Waals surface area contributed by atoms with Gasteiger partial charge in [0.05, 0.1) is 6.61 Å². The number of aryl methyl sites for hydroxylation is 1. The molecule has 0 saturated carbocycles. The van der Waals surface area contributed by atoms with E-state index < -0.39 is 41.3 Å². The van der Waals surface area contributed by atoms with Crippen LogP contribution in [0.2, 0.25) is 0 Å². The number of H-pyrrole nitrogens is 1. The Morgan fingerprint density at radius 3 is 2.61 bits per heavy atom. The largest absolute Gasteiger partial charge is 0.479 e. The van der Waals surface area contributed by atoms with Gasteiger partial charge in [0, 0.05) is 31.7 Å². The summed E-state index contributed by atoms with van der Waals surface area (Å²) in [5.74, 6) is -1.32. The zero-order valence-corrected chi connectivity index (χ0v) is 18.2. The highest BCUT2D eigenvalue weighted by Gasteiger charge is 2.63. The lowest BCUT2D eigenvalue weighted by Crippen LogP contribution is -2.55. The van der Waals surface area contributed by atoms with E-state index in [-0.39, 0.29) is 18.8 Å². The molecule has 1 aromatic heterocycles. The summed E-state index contributed by atoms with van der Waals surface area (Å²) < 4.78 is 18.5. The van der Waals surface area contributed by atoms with Crippen molar-refractivity contribution in [3.8, 4) is 0 Å². The Kier molecular flexibility index (Phi) is 8.96. The molecule has 2 heterocycles. The smallest absolute Gasteiger partial charge is 0.341 e. The van der Waals surface area contributed by atoms with Crippen molar-refractivity contribution in [1.82, 2.24) is 9.55 Å². The first-order valence-electron chi connectivity index (χ1n) is 10.4. The van der Waals surface area contributed by atoms with Crippen LogP contribution in [0.5, 0.6) is 0 Å². The van der Waals surface area contributed by atoms with Gasteiger partial charge in [0.25, 0.3) is 5.56 Å². The lowest BCUT2D eigenvalue weighted by molar-refractivity contribution is -0.192. The average molecular weight is 441 g/mol. The Morgan fingerprint density at radius 1 is 1.32 bits per heavy atom. The van der Waals surface area contributed by atoms with Crippen molar-refractivity contribution < 1.29 is 28.9 Å². The van der Waals surface area contributed by atoms with E-state index in [4.69, 9.17) is 19.0 Å². The van der Waals surface area contributed by atoms with Gasteiger partial charge in [-0.3, -0.25) is 14.3 Å². The van der Waals surface area contributed by atoms with Gasteiger partial charge in [0.2, 0.25) is 11.7 Å². The van der Waals surface area contributed by atoms with E-state index in [2.05, 4.69) is 16.9 Å². The topological polar surface area (TPSA) is 141 Å². The third-order valence-corrected chi connectivity index (χ3v) is 5.10. The van der Waals surface area contributed by atoms with Crippen molar-refractivity contribution in [2.75, 3.05) is 19.8 Å². The summed E-state index contributed by atoms with van der Waals surface area (Å²) in [6.07, 6.45) is 0.894. The fourth-order valence-electron chi connectivity index (χ4n) is 3.35. The second kappa shape index (κ2) is 11.2. The molecular weight excluding hydrogens is 410 g/mol. The van der Waals surface area contributed by atoms with Gasteiger partial charge in [-0.15, -0.1) is 5.16 Å². The Bertz CT molecular complexity index is 867. The molecule has 1 aromatic rings. The summed E-state index contributed by atoms with van der Waals surface area (Å²) in [6.45, 7) is 9.05. The molecule has 0 spiro atoms. The summed E-state index contributed by atoms with van der Waals surface area (Å²) in [5, 5.41) is 13.6. The SMILES string of the molecule is C=NO[C@H]1C(OCCCC)[C@](COCCCC)(C(=O)O)O[C@H]1n1cc(C)c(=O)[nH]c1=O. The minimum absolute atomic E-state index is 0.240. The van der Waals surface area contributed by atoms with Gasteiger partial charge in [-0.25, -0.2) is 9.59 Å². The summed E-state index contributed by atoms with van der Waals surface area (Å²) in [7, 11) is 0. The average Bonchev–Trinajstić information content (AvgIpc) is 3.03. The molecule has 0 aliphatic carbocycles. The van der Waals surface area contributed by atoms with Gasteiger partial charge in [0.1, 0.15) is 6.10 Å². The molecule has 174 valence electrons. The summed E-state index contributed by atoms with van der Waals surface area (Å²) in [6, 6.07) is 0. The number of nitrogens with one attached hydrogen (secondary N) is 1. The van der Waals surface area contributed by atoms with E-state index >= 15 is 0 Å². The van der Waals surface area contributed by atoms with Crippen molar-refractivity contribution in [1.29, 1.82) is 0 Å². The first-order chi connectivity index (χ1) is 14.8. The molecule has 1 unspecified atom stereocenters. The van der Waals surface area contributed by atoms with Gasteiger partial charge in [-0.05, 0) is 19.8 Å². The Hall–Kier alpha value is -2.50. The number of carboxylic acid groups (broad SMARTS) is 1. The number of oxime groups is 1. The van der Waals surface area contributed by atoms with Crippen LogP contribution in [-0.2, 0) is 23.8 Å². The lowest BCUT2D eigenvalue weighted by Gasteiger charge is -2.30. The minimum atomic E-state index is -1.95. The number of hydrogen-bond acceptors (Lipinski definition) is 8. The summed E-state index contributed by atoms with van der Waals surface area (Å²) in [5.41, 5.74) is -3.05. The molecule has 0 radical (unpaired) electrons. The second-order valence-corrected chi connectivity index (χ2v) is 7.43. The van der Waals surface area contributed by atoms with Gasteiger partial charge in [0.15, 0.2) is 6.23 Å². The van der Waals surface area contributed by atoms with E-state index in [1.807, 2.05) is 13.8 Å². The molecule has 2 N–H and O–H groups in total. The second-order valence-electron chi connectivity index (χ2n) is 7.43. The number of hydrogen-bond donors (Lipinski definition) is 2. The zero-order chi connectivity index (χ0) is 23.0. The van der Waals surface area contributed by atoms with Crippen molar-refractivity contribution in [3.63, 3.8) is 0 Å². The number of aromatic nitrogens is 2. The van der Waals surface area contributed by atoms with Gasteiger partial charge < -0.3 is 24.2 Å². The number of carboxylic acids is 1. The molecule has 0 aromatic carbocycles. The molecule has 0 amide bonds. The van der Waals surface area contributed by atoms with Crippen molar-refractivity contribution in [2.45, 2.75) is 70.5 Å². The highest BCUT2D eigenvalue weighted by molar-refractivity contribution is 5.79. The third kappa shape index (κ3) is 5.41. The first-order valence-corrected chi connectivity index (χ1v) is 10.4. The standard InChI is InChI=1S/C20H31N3O8/c1-5-7-9-28-12-20(18(25)26)15(29-10-8-6-2)14(31-21-4)17(30-20)23-11-13(3)16(24)22-19(23)27/h11,14-15,17H,4-10,12H2,1-3H3,(H,25,26)(H,22,24,27)/t14-,15?,17+,20+/m0/s1. The Labute approximate surface area is 179 Å². The van der Waals surface area contributed by atoms with Crippen molar-refractivity contribution >= 4 is 12.7 Å². The minimum Gasteiger partial charge on any atom is -0.479 e. The van der Waals surface area contributed by atoms with Crippen molar-refractivity contribution in [2.24, 2.45) is 5.16 Å². The van der Waals surface area contributed by atoms with E-state index in [9.17, 15) is 19.5 Å². The van der Waals surface area contributed by atoms with Crippen LogP contribution in [0, 0.1) is 6.92 Å². The molecule has 2 rings (SSSR count). The number of carbonyl (C=O) groups is 1. The van der Waals surface area contributed by atoms with E-state index in [0.717, 1.165) is 23.8 Å². The highest BCUT2D eigenvalue weighted by Crippen LogP contribution is 2.41. The van der Waals surface area contributed by atoms with Crippen LogP contribution >= 0.6 is 0 Å². The number of nitrogens with zero attached hydrogens (tertiary/aromatic N) is 2. The summed E-state index contributed by atoms with van der Waals surface area (Å²) >= 11 is 0. The predicted molar refractivity (Wildman–Crippen MR) is 111 cm³/mol. The molecule has 1 fully saturated rings. The first kappa shape index (κ1) is 24.8. The molecule has 1 saturated heterocycles. The molecule has 11 nitrogen and oxygen atoms in total. The number of aliphatic carboxylic acids is 1. The fourth-order valence-corrected chi connectivity index (χ4v) is 3.35. The van der Waals surface area contributed by atoms with E-state index in [0.29, 0.717) is 13.0 Å². The maximum atomic E-state index is 12.5. The van der Waals surface area contributed by atoms with Gasteiger partial charge >= 0.3 is 11.7 Å². The van der Waals surface area contributed by atoms with Crippen LogP contribution < -0.4 is 11.2 Å². The molecule has 4 atom stereocenters. The van der Waals surface area contributed by atoms with Crippen LogP contribution in [0.25, 0.3) is 0 Å². The molecule has 0 bridgehead atoms. The predicted octanol–water partition coefficient (Wildman–Crippen LogP) is 1.20. The lowest BCUT2D eigenvalue weighted by atomic mass is 9.95. The van der Waals surface area contributed by atoms with E-state index in [1.54, 1.807) is 0 Å².